The van der Waals surface area contributed by atoms with Crippen LogP contribution in [0.25, 0.3) is 0 Å². The summed E-state index contributed by atoms with van der Waals surface area (Å²) in [5, 5.41) is 0.229. The second kappa shape index (κ2) is 5.01. The van der Waals surface area contributed by atoms with Gasteiger partial charge in [0.1, 0.15) is 5.15 Å². The molecule has 0 atom stereocenters. The fourth-order valence-electron chi connectivity index (χ4n) is 1.48. The number of nitrogens with two attached hydrogens (primary N) is 1. The molecular weight excluding hydrogens is 252 g/mol. The molecule has 1 amide bonds. The minimum Gasteiger partial charge on any atom is -0.397 e. The lowest BCUT2D eigenvalue weighted by atomic mass is 10.2. The van der Waals surface area contributed by atoms with Gasteiger partial charge in [-0.25, -0.2) is 4.98 Å². The van der Waals surface area contributed by atoms with Crippen molar-refractivity contribution >= 4 is 28.9 Å². The molecule has 2 aromatic rings. The van der Waals surface area contributed by atoms with Crippen molar-refractivity contribution in [3.8, 4) is 0 Å². The summed E-state index contributed by atoms with van der Waals surface area (Å²) in [5.41, 5.74) is 7.01. The SMILES string of the molecule is CN(C(=O)c1cc(Cl)ncc1N)c1cccnc1. The van der Waals surface area contributed by atoms with Crippen LogP contribution in [0.15, 0.2) is 36.8 Å². The lowest BCUT2D eigenvalue weighted by Gasteiger charge is -2.17. The van der Waals surface area contributed by atoms with Crippen LogP contribution in [0.5, 0.6) is 0 Å². The van der Waals surface area contributed by atoms with Gasteiger partial charge in [-0.05, 0) is 18.2 Å². The number of nitrogen functional groups attached to an aromatic ring is 1. The zero-order valence-corrected chi connectivity index (χ0v) is 10.4. The Balaban J connectivity index is 2.34. The Morgan fingerprint density at radius 3 is 2.89 bits per heavy atom. The first-order valence-corrected chi connectivity index (χ1v) is 5.56. The third-order valence-corrected chi connectivity index (χ3v) is 2.68. The molecule has 2 N–H and O–H groups in total. The summed E-state index contributed by atoms with van der Waals surface area (Å²) in [6, 6.07) is 4.98. The van der Waals surface area contributed by atoms with Crippen LogP contribution in [-0.4, -0.2) is 22.9 Å². The molecule has 0 saturated heterocycles. The number of pyridine rings is 2. The minimum atomic E-state index is -0.259. The second-order valence-electron chi connectivity index (χ2n) is 3.67. The molecule has 0 bridgehead atoms. The molecule has 0 aliphatic carbocycles. The molecule has 0 unspecified atom stereocenters. The van der Waals surface area contributed by atoms with Crippen molar-refractivity contribution in [3.63, 3.8) is 0 Å². The number of nitrogens with zero attached hydrogens (tertiary/aromatic N) is 3. The zero-order chi connectivity index (χ0) is 13.1. The first-order valence-electron chi connectivity index (χ1n) is 5.18. The van der Waals surface area contributed by atoms with E-state index < -0.39 is 0 Å². The fourth-order valence-corrected chi connectivity index (χ4v) is 1.63. The molecule has 0 aliphatic heterocycles. The second-order valence-corrected chi connectivity index (χ2v) is 4.06. The molecule has 0 saturated carbocycles. The van der Waals surface area contributed by atoms with Gasteiger partial charge in [0.05, 0.1) is 29.3 Å². The van der Waals surface area contributed by atoms with Crippen molar-refractivity contribution < 1.29 is 4.79 Å². The van der Waals surface area contributed by atoms with E-state index in [0.717, 1.165) is 0 Å². The highest BCUT2D eigenvalue weighted by atomic mass is 35.5. The number of carbonyl (C=O) groups is 1. The van der Waals surface area contributed by atoms with E-state index in [1.165, 1.54) is 17.2 Å². The van der Waals surface area contributed by atoms with Crippen LogP contribution < -0.4 is 10.6 Å². The van der Waals surface area contributed by atoms with Crippen LogP contribution in [0.3, 0.4) is 0 Å². The highest BCUT2D eigenvalue weighted by molar-refractivity contribution is 6.30. The molecule has 92 valence electrons. The van der Waals surface area contributed by atoms with E-state index in [0.29, 0.717) is 16.9 Å². The highest BCUT2D eigenvalue weighted by Gasteiger charge is 2.17. The summed E-state index contributed by atoms with van der Waals surface area (Å²) in [6.45, 7) is 0. The molecule has 6 heteroatoms. The summed E-state index contributed by atoms with van der Waals surface area (Å²) >= 11 is 5.76. The van der Waals surface area contributed by atoms with E-state index in [-0.39, 0.29) is 11.1 Å². The quantitative estimate of drug-likeness (QED) is 0.840. The lowest BCUT2D eigenvalue weighted by Crippen LogP contribution is -2.27. The van der Waals surface area contributed by atoms with E-state index in [1.54, 1.807) is 31.6 Å². The van der Waals surface area contributed by atoms with Gasteiger partial charge < -0.3 is 10.6 Å². The van der Waals surface area contributed by atoms with Gasteiger partial charge in [-0.15, -0.1) is 0 Å². The predicted molar refractivity (Wildman–Crippen MR) is 70.6 cm³/mol. The Hall–Kier alpha value is -2.14. The number of carbonyl (C=O) groups excluding carboxylic acids is 1. The Morgan fingerprint density at radius 1 is 1.44 bits per heavy atom. The molecule has 0 aliphatic rings. The number of anilines is 2. The van der Waals surface area contributed by atoms with Crippen LogP contribution in [0.1, 0.15) is 10.4 Å². The average molecular weight is 263 g/mol. The maximum atomic E-state index is 12.2. The Kier molecular flexibility index (Phi) is 3.43. The fraction of sp³-hybridized carbons (Fsp3) is 0.0833. The third kappa shape index (κ3) is 2.41. The maximum Gasteiger partial charge on any atom is 0.260 e. The molecule has 0 aromatic carbocycles. The number of amides is 1. The van der Waals surface area contributed by atoms with E-state index in [1.807, 2.05) is 0 Å². The van der Waals surface area contributed by atoms with E-state index >= 15 is 0 Å². The van der Waals surface area contributed by atoms with Crippen molar-refractivity contribution in [2.45, 2.75) is 0 Å². The van der Waals surface area contributed by atoms with Crippen LogP contribution in [-0.2, 0) is 0 Å². The van der Waals surface area contributed by atoms with Crippen LogP contribution in [0, 0.1) is 0 Å². The molecule has 0 spiro atoms. The van der Waals surface area contributed by atoms with Gasteiger partial charge in [0.15, 0.2) is 0 Å². The first-order chi connectivity index (χ1) is 8.59. The molecule has 0 radical (unpaired) electrons. The minimum absolute atomic E-state index is 0.229. The number of rotatable bonds is 2. The summed E-state index contributed by atoms with van der Waals surface area (Å²) in [6.07, 6.45) is 4.60. The maximum absolute atomic E-state index is 12.2. The van der Waals surface area contributed by atoms with E-state index in [4.69, 9.17) is 17.3 Å². The molecule has 2 aromatic heterocycles. The Labute approximate surface area is 109 Å². The van der Waals surface area contributed by atoms with E-state index in [2.05, 4.69) is 9.97 Å². The number of hydrogen-bond donors (Lipinski definition) is 1. The Morgan fingerprint density at radius 2 is 2.22 bits per heavy atom. The van der Waals surface area contributed by atoms with Gasteiger partial charge in [-0.3, -0.25) is 9.78 Å². The zero-order valence-electron chi connectivity index (χ0n) is 9.67. The van der Waals surface area contributed by atoms with E-state index in [9.17, 15) is 4.79 Å². The smallest absolute Gasteiger partial charge is 0.260 e. The summed E-state index contributed by atoms with van der Waals surface area (Å²) < 4.78 is 0. The van der Waals surface area contributed by atoms with Gasteiger partial charge in [-0.1, -0.05) is 11.6 Å². The number of hydrogen-bond acceptors (Lipinski definition) is 4. The molecule has 0 fully saturated rings. The van der Waals surface area contributed by atoms with Crippen LogP contribution in [0.4, 0.5) is 11.4 Å². The lowest BCUT2D eigenvalue weighted by molar-refractivity contribution is 0.0993. The van der Waals surface area contributed by atoms with Gasteiger partial charge in [0, 0.05) is 13.2 Å². The van der Waals surface area contributed by atoms with Crippen LogP contribution in [0.2, 0.25) is 5.15 Å². The normalized spacial score (nSPS) is 10.1. The van der Waals surface area contributed by atoms with Crippen molar-refractivity contribution in [1.29, 1.82) is 0 Å². The van der Waals surface area contributed by atoms with Gasteiger partial charge in [0.25, 0.3) is 5.91 Å². The monoisotopic (exact) mass is 262 g/mol. The largest absolute Gasteiger partial charge is 0.397 e. The summed E-state index contributed by atoms with van der Waals surface area (Å²) in [7, 11) is 1.65. The van der Waals surface area contributed by atoms with Gasteiger partial charge in [0.2, 0.25) is 0 Å². The van der Waals surface area contributed by atoms with Crippen molar-refractivity contribution in [2.24, 2.45) is 0 Å². The average Bonchev–Trinajstić information content (AvgIpc) is 2.41. The number of aromatic nitrogens is 2. The first kappa shape index (κ1) is 12.3. The highest BCUT2D eigenvalue weighted by Crippen LogP contribution is 2.19. The molecule has 2 rings (SSSR count). The summed E-state index contributed by atoms with van der Waals surface area (Å²) in [5.74, 6) is -0.259. The van der Waals surface area contributed by atoms with Gasteiger partial charge in [-0.2, -0.15) is 0 Å². The molecule has 18 heavy (non-hydrogen) atoms. The number of halogens is 1. The molecule has 5 nitrogen and oxygen atoms in total. The van der Waals surface area contributed by atoms with Gasteiger partial charge >= 0.3 is 0 Å². The van der Waals surface area contributed by atoms with Crippen molar-refractivity contribution in [1.82, 2.24) is 9.97 Å². The molecular formula is C12H11ClN4O. The van der Waals surface area contributed by atoms with Crippen molar-refractivity contribution in [3.05, 3.63) is 47.5 Å². The van der Waals surface area contributed by atoms with Crippen molar-refractivity contribution in [2.75, 3.05) is 17.7 Å². The Bertz CT molecular complexity index is 574. The van der Waals surface area contributed by atoms with Crippen LogP contribution >= 0.6 is 11.6 Å². The predicted octanol–water partition coefficient (Wildman–Crippen LogP) is 1.99. The standard InChI is InChI=1S/C12H11ClN4O/c1-17(8-3-2-4-15-6-8)12(18)9-5-11(13)16-7-10(9)14/h2-7H,14H2,1H3. The molecule has 2 heterocycles. The topological polar surface area (TPSA) is 72.1 Å². The third-order valence-electron chi connectivity index (χ3n) is 2.47. The summed E-state index contributed by atoms with van der Waals surface area (Å²) in [4.78, 5) is 21.5.